The number of hydrogen-bond acceptors (Lipinski definition) is 5. The number of ether oxygens (including phenoxy) is 2. The van der Waals surface area contributed by atoms with E-state index in [2.05, 4.69) is 9.46 Å². The van der Waals surface area contributed by atoms with Crippen LogP contribution in [0, 0.1) is 0 Å². The Balaban J connectivity index is 2.56. The van der Waals surface area contributed by atoms with Gasteiger partial charge in [-0.3, -0.25) is 0 Å². The average molecular weight is 328 g/mol. The first kappa shape index (κ1) is 17.5. The van der Waals surface area contributed by atoms with Crippen LogP contribution in [0.15, 0.2) is 23.1 Å². The number of nitrogens with one attached hydrogen (secondary N) is 1. The van der Waals surface area contributed by atoms with Crippen LogP contribution in [0.2, 0.25) is 0 Å². The van der Waals surface area contributed by atoms with Gasteiger partial charge in [0.2, 0.25) is 10.0 Å². The summed E-state index contributed by atoms with van der Waals surface area (Å²) in [6, 6.07) is 3.84. The highest BCUT2D eigenvalue weighted by Gasteiger charge is 2.27. The predicted molar refractivity (Wildman–Crippen MR) is 69.5 cm³/mol. The molecule has 21 heavy (non-hydrogen) atoms. The summed E-state index contributed by atoms with van der Waals surface area (Å²) in [7, 11) is -2.49. The third-order valence-electron chi connectivity index (χ3n) is 2.32. The number of hydrogen-bond donors (Lipinski definition) is 2. The Morgan fingerprint density at radius 1 is 1.33 bits per heavy atom. The van der Waals surface area contributed by atoms with Crippen LogP contribution in [0.5, 0.6) is 5.75 Å². The summed E-state index contributed by atoms with van der Waals surface area (Å²) >= 11 is 0. The molecule has 0 radical (unpaired) electrons. The fourth-order valence-electron chi connectivity index (χ4n) is 1.40. The van der Waals surface area contributed by atoms with E-state index in [0.29, 0.717) is 5.75 Å². The van der Waals surface area contributed by atoms with Gasteiger partial charge in [-0.2, -0.15) is 13.2 Å². The molecule has 3 N–H and O–H groups in total. The molecular formula is C11H15F3N2O4S. The Labute approximate surface area is 120 Å². The Kier molecular flexibility index (Phi) is 5.81. The van der Waals surface area contributed by atoms with Gasteiger partial charge in [0, 0.05) is 6.54 Å². The van der Waals surface area contributed by atoms with Gasteiger partial charge in [0.1, 0.15) is 12.4 Å². The van der Waals surface area contributed by atoms with Crippen molar-refractivity contribution in [3.63, 3.8) is 0 Å². The van der Waals surface area contributed by atoms with Crippen LogP contribution in [0.3, 0.4) is 0 Å². The van der Waals surface area contributed by atoms with Crippen LogP contribution in [0.25, 0.3) is 0 Å². The molecule has 0 spiro atoms. The second-order valence-electron chi connectivity index (χ2n) is 3.97. The number of benzene rings is 1. The van der Waals surface area contributed by atoms with Gasteiger partial charge in [0.15, 0.2) is 0 Å². The first-order valence-electron chi connectivity index (χ1n) is 5.73. The lowest BCUT2D eigenvalue weighted by atomic mass is 10.3. The van der Waals surface area contributed by atoms with Gasteiger partial charge in [-0.05, 0) is 18.2 Å². The number of nitrogen functional groups attached to an aromatic ring is 1. The maximum absolute atomic E-state index is 11.9. The first-order chi connectivity index (χ1) is 9.65. The molecule has 1 rings (SSSR count). The van der Waals surface area contributed by atoms with Gasteiger partial charge in [0.25, 0.3) is 0 Å². The zero-order valence-corrected chi connectivity index (χ0v) is 11.9. The Hall–Kier alpha value is -1.52. The number of anilines is 1. The van der Waals surface area contributed by atoms with E-state index in [4.69, 9.17) is 10.5 Å². The molecule has 6 nitrogen and oxygen atoms in total. The third kappa shape index (κ3) is 5.78. The van der Waals surface area contributed by atoms with E-state index in [1.165, 1.54) is 25.3 Å². The lowest BCUT2D eigenvalue weighted by Crippen LogP contribution is -2.29. The maximum Gasteiger partial charge on any atom is 0.411 e. The van der Waals surface area contributed by atoms with Crippen molar-refractivity contribution in [3.8, 4) is 5.75 Å². The van der Waals surface area contributed by atoms with Crippen molar-refractivity contribution in [1.82, 2.24) is 4.72 Å². The van der Waals surface area contributed by atoms with E-state index in [-0.39, 0.29) is 17.1 Å². The number of methoxy groups -OCH3 is 1. The van der Waals surface area contributed by atoms with Gasteiger partial charge in [-0.1, -0.05) is 0 Å². The fraction of sp³-hybridized carbons (Fsp3) is 0.455. The summed E-state index contributed by atoms with van der Waals surface area (Å²) in [5.74, 6) is 0.322. The zero-order valence-electron chi connectivity index (χ0n) is 11.1. The number of sulfonamides is 1. The quantitative estimate of drug-likeness (QED) is 0.578. The molecule has 0 aliphatic carbocycles. The van der Waals surface area contributed by atoms with Crippen molar-refractivity contribution < 1.29 is 31.1 Å². The molecule has 0 fully saturated rings. The van der Waals surface area contributed by atoms with Crippen LogP contribution in [-0.2, 0) is 14.8 Å². The van der Waals surface area contributed by atoms with Crippen LogP contribution >= 0.6 is 0 Å². The van der Waals surface area contributed by atoms with E-state index in [1.807, 2.05) is 0 Å². The third-order valence-corrected chi connectivity index (χ3v) is 3.77. The predicted octanol–water partition coefficient (Wildman–Crippen LogP) is 1.13. The van der Waals surface area contributed by atoms with Crippen molar-refractivity contribution in [2.45, 2.75) is 11.1 Å². The summed E-state index contributed by atoms with van der Waals surface area (Å²) in [5.41, 5.74) is 5.72. The molecule has 0 heterocycles. The van der Waals surface area contributed by atoms with E-state index in [0.717, 1.165) is 0 Å². The van der Waals surface area contributed by atoms with E-state index < -0.39 is 29.4 Å². The molecule has 0 aliphatic heterocycles. The molecule has 0 bridgehead atoms. The fourth-order valence-corrected chi connectivity index (χ4v) is 2.45. The maximum atomic E-state index is 11.9. The summed E-state index contributed by atoms with van der Waals surface area (Å²) in [5, 5.41) is 0. The average Bonchev–Trinajstić information content (AvgIpc) is 2.36. The molecule has 10 heteroatoms. The topological polar surface area (TPSA) is 90.7 Å². The molecule has 0 unspecified atom stereocenters. The van der Waals surface area contributed by atoms with E-state index >= 15 is 0 Å². The smallest absolute Gasteiger partial charge is 0.411 e. The lowest BCUT2D eigenvalue weighted by molar-refractivity contribution is -0.173. The molecule has 1 aromatic carbocycles. The SMILES string of the molecule is COc1ccc(S(=O)(=O)NCCOCC(F)(F)F)cc1N. The molecule has 0 atom stereocenters. The summed E-state index contributed by atoms with van der Waals surface area (Å²) in [6.07, 6.45) is -4.44. The molecule has 0 saturated heterocycles. The first-order valence-corrected chi connectivity index (χ1v) is 7.22. The largest absolute Gasteiger partial charge is 0.495 e. The molecule has 1 aromatic rings. The monoisotopic (exact) mass is 328 g/mol. The Bertz CT molecular complexity index is 575. The van der Waals surface area contributed by atoms with Gasteiger partial charge in [0.05, 0.1) is 24.3 Å². The van der Waals surface area contributed by atoms with Crippen molar-refractivity contribution in [2.24, 2.45) is 0 Å². The molecule has 0 aromatic heterocycles. The van der Waals surface area contributed by atoms with Crippen LogP contribution < -0.4 is 15.2 Å². The second kappa shape index (κ2) is 6.96. The van der Waals surface area contributed by atoms with E-state index in [1.54, 1.807) is 0 Å². The van der Waals surface area contributed by atoms with Crippen molar-refractivity contribution in [1.29, 1.82) is 0 Å². The van der Waals surface area contributed by atoms with Crippen molar-refractivity contribution in [2.75, 3.05) is 32.6 Å². The molecular weight excluding hydrogens is 313 g/mol. The summed E-state index contributed by atoms with van der Waals surface area (Å²) in [6.45, 7) is -2.11. The standard InChI is InChI=1S/C11H15F3N2O4S/c1-19-10-3-2-8(6-9(10)15)21(17,18)16-4-5-20-7-11(12,13)14/h2-3,6,16H,4-5,7,15H2,1H3. The summed E-state index contributed by atoms with van der Waals surface area (Å²) < 4.78 is 70.4. The minimum absolute atomic E-state index is 0.114. The number of rotatable bonds is 7. The van der Waals surface area contributed by atoms with Crippen molar-refractivity contribution in [3.05, 3.63) is 18.2 Å². The van der Waals surface area contributed by atoms with Gasteiger partial charge < -0.3 is 15.2 Å². The molecule has 0 aliphatic rings. The highest BCUT2D eigenvalue weighted by Crippen LogP contribution is 2.24. The van der Waals surface area contributed by atoms with Gasteiger partial charge in [-0.15, -0.1) is 0 Å². The number of nitrogens with two attached hydrogens (primary N) is 1. The van der Waals surface area contributed by atoms with Gasteiger partial charge in [-0.25, -0.2) is 13.1 Å². The Morgan fingerprint density at radius 2 is 2.00 bits per heavy atom. The highest BCUT2D eigenvalue weighted by atomic mass is 32.2. The minimum Gasteiger partial charge on any atom is -0.495 e. The molecule has 0 saturated carbocycles. The molecule has 120 valence electrons. The van der Waals surface area contributed by atoms with Crippen molar-refractivity contribution >= 4 is 15.7 Å². The normalized spacial score (nSPS) is 12.4. The van der Waals surface area contributed by atoms with Gasteiger partial charge >= 0.3 is 6.18 Å². The minimum atomic E-state index is -4.44. The van der Waals surface area contributed by atoms with Crippen LogP contribution in [-0.4, -0.2) is 41.5 Å². The second-order valence-corrected chi connectivity index (χ2v) is 5.74. The Morgan fingerprint density at radius 3 is 2.52 bits per heavy atom. The zero-order chi connectivity index (χ0) is 16.1. The van der Waals surface area contributed by atoms with Crippen LogP contribution in [0.1, 0.15) is 0 Å². The van der Waals surface area contributed by atoms with E-state index in [9.17, 15) is 21.6 Å². The lowest BCUT2D eigenvalue weighted by Gasteiger charge is -2.10. The molecule has 0 amide bonds. The number of alkyl halides is 3. The summed E-state index contributed by atoms with van der Waals surface area (Å²) in [4.78, 5) is -0.114. The number of halogens is 3. The highest BCUT2D eigenvalue weighted by molar-refractivity contribution is 7.89. The van der Waals surface area contributed by atoms with Crippen LogP contribution in [0.4, 0.5) is 18.9 Å².